The molecule has 26 heavy (non-hydrogen) atoms. The van der Waals surface area contributed by atoms with E-state index in [1.165, 1.54) is 18.2 Å². The van der Waals surface area contributed by atoms with Gasteiger partial charge in [-0.15, -0.1) is 0 Å². The van der Waals surface area contributed by atoms with Gasteiger partial charge in [-0.1, -0.05) is 12.1 Å². The summed E-state index contributed by atoms with van der Waals surface area (Å²) < 4.78 is 5.11. The van der Waals surface area contributed by atoms with Crippen LogP contribution in [0.15, 0.2) is 35.1 Å². The lowest BCUT2D eigenvalue weighted by molar-refractivity contribution is -0.729. The first-order valence-electron chi connectivity index (χ1n) is 8.04. The molecular weight excluding hydrogens is 338 g/mol. The van der Waals surface area contributed by atoms with Gasteiger partial charge in [0, 0.05) is 23.4 Å². The Bertz CT molecular complexity index is 999. The van der Waals surface area contributed by atoms with E-state index in [1.807, 2.05) is 6.07 Å². The second-order valence-electron chi connectivity index (χ2n) is 6.04. The number of carbonyl (C=O) groups excluding carboxylic acids is 1. The monoisotopic (exact) mass is 354 g/mol. The number of H-pyrrole nitrogens is 1. The highest BCUT2D eigenvalue weighted by Crippen LogP contribution is 2.49. The van der Waals surface area contributed by atoms with E-state index in [2.05, 4.69) is 4.98 Å². The van der Waals surface area contributed by atoms with Crippen LogP contribution in [0.2, 0.25) is 0 Å². The van der Waals surface area contributed by atoms with Gasteiger partial charge in [0.1, 0.15) is 17.0 Å². The number of nitrogens with one attached hydrogen (secondary N) is 1. The van der Waals surface area contributed by atoms with Gasteiger partial charge in [0.25, 0.3) is 10.5 Å². The molecule has 0 radical (unpaired) electrons. The van der Waals surface area contributed by atoms with Crippen LogP contribution in [0, 0.1) is 16.2 Å². The lowest BCUT2D eigenvalue weighted by atomic mass is 9.95. The van der Waals surface area contributed by atoms with E-state index in [9.17, 15) is 19.8 Å². The van der Waals surface area contributed by atoms with E-state index in [-0.39, 0.29) is 28.3 Å². The molecule has 0 saturated heterocycles. The molecule has 8 nitrogen and oxygen atoms in total. The van der Waals surface area contributed by atoms with Gasteiger partial charge in [-0.25, -0.2) is 5.21 Å². The maximum Gasteiger partial charge on any atom is 0.318 e. The number of benzene rings is 1. The number of pyridine rings is 1. The minimum atomic E-state index is -0.906. The van der Waals surface area contributed by atoms with Crippen LogP contribution >= 0.6 is 0 Å². The van der Waals surface area contributed by atoms with Crippen LogP contribution in [0.1, 0.15) is 31.0 Å². The number of hydrogen-bond acceptors (Lipinski definition) is 5. The van der Waals surface area contributed by atoms with Gasteiger partial charge >= 0.3 is 11.7 Å². The fourth-order valence-corrected chi connectivity index (χ4v) is 2.93. The Labute approximate surface area is 148 Å². The van der Waals surface area contributed by atoms with E-state index in [0.29, 0.717) is 24.1 Å². The highest BCUT2D eigenvalue weighted by atomic mass is 16.6. The van der Waals surface area contributed by atoms with Crippen molar-refractivity contribution in [2.75, 3.05) is 6.61 Å². The predicted molar refractivity (Wildman–Crippen MR) is 89.8 cm³/mol. The van der Waals surface area contributed by atoms with Crippen molar-refractivity contribution in [2.45, 2.75) is 25.2 Å². The molecule has 2 N–H and O–H groups in total. The zero-order valence-corrected chi connectivity index (χ0v) is 14.0. The van der Waals surface area contributed by atoms with Gasteiger partial charge in [0.2, 0.25) is 0 Å². The topological polar surface area (TPSA) is 123 Å². The summed E-state index contributed by atoms with van der Waals surface area (Å²) in [6.07, 6.45) is 1.08. The van der Waals surface area contributed by atoms with Crippen molar-refractivity contribution in [3.63, 3.8) is 0 Å². The molecule has 1 fully saturated rings. The molecular formula is C18H16N3O5+. The van der Waals surface area contributed by atoms with Gasteiger partial charge < -0.3 is 9.72 Å². The number of hydrogen-bond donors (Lipinski definition) is 2. The average molecular weight is 354 g/mol. The third-order valence-corrected chi connectivity index (χ3v) is 4.45. The number of aromatic amines is 1. The smallest absolute Gasteiger partial charge is 0.318 e. The summed E-state index contributed by atoms with van der Waals surface area (Å²) in [4.78, 5) is 38.1. The fourth-order valence-electron chi connectivity index (χ4n) is 2.93. The second kappa shape index (κ2) is 6.44. The van der Waals surface area contributed by atoms with E-state index < -0.39 is 16.9 Å². The van der Waals surface area contributed by atoms with Crippen LogP contribution in [-0.4, -0.2) is 27.7 Å². The maximum absolute atomic E-state index is 12.4. The normalized spacial score (nSPS) is 14.3. The number of rotatable bonds is 5. The third kappa shape index (κ3) is 2.84. The Hall–Kier alpha value is -3.47. The van der Waals surface area contributed by atoms with Crippen LogP contribution in [0.5, 0.6) is 0 Å². The molecule has 3 rings (SSSR count). The van der Waals surface area contributed by atoms with E-state index in [0.717, 1.165) is 0 Å². The highest BCUT2D eigenvalue weighted by molar-refractivity contribution is 5.87. The standard InChI is InChI=1S/C18H15N3O5/c1-2-26-17(23)18(6-7-18)15-9-13(14(10-19)16(22)20-15)11-4-3-5-12(8-11)21(24)25/h3-5,8-9H,2,6-7H2,1H3,(H-,20,22,24,25)/p+1. The number of nitriles is 1. The average Bonchev–Trinajstić information content (AvgIpc) is 3.43. The SMILES string of the molecule is CCOC(=O)C1(c2cc(-c3cccc([N+](=O)O)c3)c(C#N)c(=O)[nH]2)CC1. The van der Waals surface area contributed by atoms with Crippen molar-refractivity contribution >= 4 is 11.7 Å². The summed E-state index contributed by atoms with van der Waals surface area (Å²) in [5, 5.41) is 18.4. The summed E-state index contributed by atoms with van der Waals surface area (Å²) in [5.41, 5.74) is -0.642. The van der Waals surface area contributed by atoms with Gasteiger partial charge in [-0.2, -0.15) is 5.26 Å². The molecule has 1 saturated carbocycles. The molecule has 1 aliphatic carbocycles. The molecule has 0 bridgehead atoms. The Kier molecular flexibility index (Phi) is 4.30. The molecule has 1 aromatic heterocycles. The summed E-state index contributed by atoms with van der Waals surface area (Å²) in [6, 6.07) is 9.29. The van der Waals surface area contributed by atoms with Crippen LogP contribution in [0.3, 0.4) is 0 Å². The molecule has 0 atom stereocenters. The fraction of sp³-hybridized carbons (Fsp3) is 0.278. The lowest BCUT2D eigenvalue weighted by Crippen LogP contribution is -2.27. The number of aromatic nitrogens is 1. The van der Waals surface area contributed by atoms with Gasteiger partial charge in [0.05, 0.1) is 11.5 Å². The number of ether oxygens (including phenoxy) is 1. The molecule has 1 heterocycles. The van der Waals surface area contributed by atoms with Crippen LogP contribution in [-0.2, 0) is 14.9 Å². The molecule has 1 aromatic carbocycles. The van der Waals surface area contributed by atoms with Crippen LogP contribution < -0.4 is 5.56 Å². The van der Waals surface area contributed by atoms with Crippen molar-refractivity contribution < 1.29 is 19.7 Å². The van der Waals surface area contributed by atoms with Gasteiger partial charge in [-0.05, 0) is 31.4 Å². The molecule has 8 heteroatoms. The Morgan fingerprint density at radius 2 is 2.15 bits per heavy atom. The Morgan fingerprint density at radius 1 is 1.42 bits per heavy atom. The Morgan fingerprint density at radius 3 is 2.73 bits per heavy atom. The zero-order valence-electron chi connectivity index (χ0n) is 14.0. The maximum atomic E-state index is 12.4. The third-order valence-electron chi connectivity index (χ3n) is 4.45. The summed E-state index contributed by atoms with van der Waals surface area (Å²) >= 11 is 0. The van der Waals surface area contributed by atoms with Crippen molar-refractivity contribution in [3.05, 3.63) is 56.9 Å². The first kappa shape index (κ1) is 17.4. The minimum Gasteiger partial charge on any atom is -0.465 e. The number of nitrogens with zero attached hydrogens (tertiary/aromatic N) is 2. The molecule has 0 amide bonds. The lowest BCUT2D eigenvalue weighted by Gasteiger charge is -2.15. The predicted octanol–water partition coefficient (Wildman–Crippen LogP) is 2.31. The molecule has 0 unspecified atom stereocenters. The quantitative estimate of drug-likeness (QED) is 0.627. The highest BCUT2D eigenvalue weighted by Gasteiger charge is 2.54. The van der Waals surface area contributed by atoms with E-state index >= 15 is 0 Å². The molecule has 0 aliphatic heterocycles. The van der Waals surface area contributed by atoms with Crippen molar-refractivity contribution in [3.8, 4) is 17.2 Å². The molecule has 132 valence electrons. The van der Waals surface area contributed by atoms with Crippen LogP contribution in [0.4, 0.5) is 5.69 Å². The van der Waals surface area contributed by atoms with Crippen molar-refractivity contribution in [1.29, 1.82) is 5.26 Å². The van der Waals surface area contributed by atoms with Gasteiger partial charge in [0.15, 0.2) is 0 Å². The molecule has 2 aromatic rings. The second-order valence-corrected chi connectivity index (χ2v) is 6.04. The Balaban J connectivity index is 2.18. The number of esters is 1. The molecule has 0 spiro atoms. The van der Waals surface area contributed by atoms with E-state index in [1.54, 1.807) is 19.1 Å². The van der Waals surface area contributed by atoms with Crippen molar-refractivity contribution in [1.82, 2.24) is 4.98 Å². The van der Waals surface area contributed by atoms with Crippen molar-refractivity contribution in [2.24, 2.45) is 0 Å². The first-order chi connectivity index (χ1) is 12.4. The largest absolute Gasteiger partial charge is 0.465 e. The minimum absolute atomic E-state index is 0.0419. The zero-order chi connectivity index (χ0) is 18.9. The van der Waals surface area contributed by atoms with Crippen LogP contribution in [0.25, 0.3) is 11.1 Å². The molecule has 1 aliphatic rings. The van der Waals surface area contributed by atoms with Gasteiger partial charge in [-0.3, -0.25) is 9.59 Å². The van der Waals surface area contributed by atoms with E-state index in [4.69, 9.17) is 9.94 Å². The first-order valence-corrected chi connectivity index (χ1v) is 8.04. The summed E-state index contributed by atoms with van der Waals surface area (Å²) in [6.45, 7) is 1.93. The summed E-state index contributed by atoms with van der Waals surface area (Å²) in [5.74, 6) is -0.416. The number of carbonyl (C=O) groups is 1. The summed E-state index contributed by atoms with van der Waals surface area (Å²) in [7, 11) is 0.